The van der Waals surface area contributed by atoms with E-state index < -0.39 is 23.5 Å². The van der Waals surface area contributed by atoms with Crippen molar-refractivity contribution in [2.45, 2.75) is 26.3 Å². The van der Waals surface area contributed by atoms with E-state index >= 15 is 0 Å². The van der Waals surface area contributed by atoms with E-state index in [4.69, 9.17) is 0 Å². The van der Waals surface area contributed by atoms with Gasteiger partial charge in [0, 0.05) is 23.7 Å². The Kier molecular flexibility index (Phi) is 4.68. The molecule has 0 aromatic heterocycles. The highest BCUT2D eigenvalue weighted by Crippen LogP contribution is 2.27. The third-order valence-electron chi connectivity index (χ3n) is 3.79. The first kappa shape index (κ1) is 15.6. The van der Waals surface area contributed by atoms with Gasteiger partial charge in [-0.3, -0.25) is 0 Å². The molecule has 4 heteroatoms. The fraction of sp³-hybridized carbons (Fsp3) is 0.294. The lowest BCUT2D eigenvalue weighted by Gasteiger charge is -2.20. The smallest absolute Gasteiger partial charge is 0.133 e. The summed E-state index contributed by atoms with van der Waals surface area (Å²) >= 11 is 0. The van der Waals surface area contributed by atoms with Crippen LogP contribution in [0.2, 0.25) is 0 Å². The number of benzene rings is 2. The van der Waals surface area contributed by atoms with Crippen molar-refractivity contribution in [1.29, 1.82) is 0 Å². The molecule has 0 aliphatic carbocycles. The monoisotopic (exact) mass is 293 g/mol. The fourth-order valence-corrected chi connectivity index (χ4v) is 2.61. The lowest BCUT2D eigenvalue weighted by molar-refractivity contribution is 0.474. The Hall–Kier alpha value is -1.81. The van der Waals surface area contributed by atoms with Crippen LogP contribution in [0.3, 0.4) is 0 Å². The molecule has 0 bridgehead atoms. The molecule has 0 saturated heterocycles. The number of hydrogen-bond donors (Lipinski definition) is 1. The van der Waals surface area contributed by atoms with Crippen LogP contribution in [0.1, 0.15) is 28.3 Å². The summed E-state index contributed by atoms with van der Waals surface area (Å²) in [6.07, 6.45) is 0.439. The summed E-state index contributed by atoms with van der Waals surface area (Å²) in [6.45, 7) is 3.93. The molecule has 0 fully saturated rings. The van der Waals surface area contributed by atoms with Gasteiger partial charge in [-0.2, -0.15) is 0 Å². The van der Waals surface area contributed by atoms with Gasteiger partial charge < -0.3 is 5.32 Å². The van der Waals surface area contributed by atoms with Gasteiger partial charge in [0.2, 0.25) is 0 Å². The van der Waals surface area contributed by atoms with Gasteiger partial charge in [-0.15, -0.1) is 0 Å². The molecule has 1 nitrogen and oxygen atoms in total. The summed E-state index contributed by atoms with van der Waals surface area (Å²) in [6, 6.07) is 6.76. The Bertz CT molecular complexity index is 609. The standard InChI is InChI=1S/C17H18F3N/c1-10-5-4-6-11(2)13(10)9-16(21-3)17-14(19)7-12(18)8-15(17)20/h4-8,16,21H,9H2,1-3H3. The second-order valence-electron chi connectivity index (χ2n) is 5.20. The van der Waals surface area contributed by atoms with Crippen LogP contribution in [0, 0.1) is 31.3 Å². The number of nitrogens with one attached hydrogen (secondary N) is 1. The Morgan fingerprint density at radius 1 is 1.00 bits per heavy atom. The molecule has 0 aliphatic rings. The van der Waals surface area contributed by atoms with Crippen molar-refractivity contribution in [1.82, 2.24) is 5.32 Å². The van der Waals surface area contributed by atoms with Crippen LogP contribution in [0.15, 0.2) is 30.3 Å². The Morgan fingerprint density at radius 2 is 1.52 bits per heavy atom. The summed E-state index contributed by atoms with van der Waals surface area (Å²) in [5.41, 5.74) is 3.05. The maximum atomic E-state index is 13.9. The topological polar surface area (TPSA) is 12.0 Å². The predicted octanol–water partition coefficient (Wildman–Crippen LogP) is 4.22. The number of hydrogen-bond acceptors (Lipinski definition) is 1. The van der Waals surface area contributed by atoms with E-state index in [0.29, 0.717) is 18.6 Å². The molecule has 2 aromatic rings. The van der Waals surface area contributed by atoms with Crippen molar-refractivity contribution >= 4 is 0 Å². The fourth-order valence-electron chi connectivity index (χ4n) is 2.61. The van der Waals surface area contributed by atoms with E-state index in [1.807, 2.05) is 32.0 Å². The quantitative estimate of drug-likeness (QED) is 0.890. The van der Waals surface area contributed by atoms with Gasteiger partial charge in [0.25, 0.3) is 0 Å². The summed E-state index contributed by atoms with van der Waals surface area (Å²) in [5, 5.41) is 2.92. The first-order chi connectivity index (χ1) is 9.93. The van der Waals surface area contributed by atoms with E-state index in [2.05, 4.69) is 5.32 Å². The average molecular weight is 293 g/mol. The zero-order valence-electron chi connectivity index (χ0n) is 12.3. The van der Waals surface area contributed by atoms with Gasteiger partial charge >= 0.3 is 0 Å². The molecule has 0 spiro atoms. The van der Waals surface area contributed by atoms with Crippen LogP contribution in [-0.4, -0.2) is 7.05 Å². The van der Waals surface area contributed by atoms with Gasteiger partial charge in [-0.25, -0.2) is 13.2 Å². The third kappa shape index (κ3) is 3.27. The van der Waals surface area contributed by atoms with E-state index in [1.54, 1.807) is 7.05 Å². The number of aryl methyl sites for hydroxylation is 2. The van der Waals surface area contributed by atoms with E-state index in [1.165, 1.54) is 0 Å². The molecule has 0 saturated carbocycles. The lowest BCUT2D eigenvalue weighted by Crippen LogP contribution is -2.22. The molecular weight excluding hydrogens is 275 g/mol. The second kappa shape index (κ2) is 6.31. The highest BCUT2D eigenvalue weighted by Gasteiger charge is 2.21. The minimum atomic E-state index is -0.907. The Labute approximate surface area is 122 Å². The van der Waals surface area contributed by atoms with E-state index in [9.17, 15) is 13.2 Å². The van der Waals surface area contributed by atoms with Gasteiger partial charge in [0.05, 0.1) is 0 Å². The van der Waals surface area contributed by atoms with E-state index in [0.717, 1.165) is 16.7 Å². The summed E-state index contributed by atoms with van der Waals surface area (Å²) in [5.74, 6) is -2.63. The van der Waals surface area contributed by atoms with Crippen LogP contribution < -0.4 is 5.32 Å². The summed E-state index contributed by atoms with van der Waals surface area (Å²) < 4.78 is 40.9. The third-order valence-corrected chi connectivity index (χ3v) is 3.79. The lowest BCUT2D eigenvalue weighted by atomic mass is 9.92. The van der Waals surface area contributed by atoms with Gasteiger partial charge in [0.15, 0.2) is 0 Å². The molecule has 1 atom stereocenters. The van der Waals surface area contributed by atoms with E-state index in [-0.39, 0.29) is 5.56 Å². The molecule has 1 unspecified atom stereocenters. The summed E-state index contributed by atoms with van der Waals surface area (Å²) in [4.78, 5) is 0. The van der Waals surface area contributed by atoms with Crippen molar-refractivity contribution < 1.29 is 13.2 Å². The van der Waals surface area contributed by atoms with Crippen LogP contribution in [0.25, 0.3) is 0 Å². The van der Waals surface area contributed by atoms with Crippen molar-refractivity contribution in [2.75, 3.05) is 7.05 Å². The first-order valence-electron chi connectivity index (χ1n) is 6.80. The predicted molar refractivity (Wildman–Crippen MR) is 77.7 cm³/mol. The van der Waals surface area contributed by atoms with Crippen LogP contribution in [0.5, 0.6) is 0 Å². The number of rotatable bonds is 4. The second-order valence-corrected chi connectivity index (χ2v) is 5.20. The Morgan fingerprint density at radius 3 is 2.00 bits per heavy atom. The largest absolute Gasteiger partial charge is 0.313 e. The zero-order valence-corrected chi connectivity index (χ0v) is 12.3. The van der Waals surface area contributed by atoms with Crippen LogP contribution in [0.4, 0.5) is 13.2 Å². The maximum Gasteiger partial charge on any atom is 0.133 e. The molecule has 0 radical (unpaired) electrons. The normalized spacial score (nSPS) is 12.5. The van der Waals surface area contributed by atoms with Crippen molar-refractivity contribution in [3.05, 3.63) is 70.0 Å². The first-order valence-corrected chi connectivity index (χ1v) is 6.80. The van der Waals surface area contributed by atoms with Gasteiger partial charge in [-0.1, -0.05) is 18.2 Å². The molecule has 2 aromatic carbocycles. The highest BCUT2D eigenvalue weighted by atomic mass is 19.1. The van der Waals surface area contributed by atoms with Crippen molar-refractivity contribution in [3.8, 4) is 0 Å². The maximum absolute atomic E-state index is 13.9. The van der Waals surface area contributed by atoms with Crippen LogP contribution in [-0.2, 0) is 6.42 Å². The molecule has 2 rings (SSSR count). The summed E-state index contributed by atoms with van der Waals surface area (Å²) in [7, 11) is 1.64. The molecular formula is C17H18F3N. The van der Waals surface area contributed by atoms with Crippen LogP contribution >= 0.6 is 0 Å². The van der Waals surface area contributed by atoms with Crippen molar-refractivity contribution in [3.63, 3.8) is 0 Å². The van der Waals surface area contributed by atoms with Gasteiger partial charge in [-0.05, 0) is 44.0 Å². The number of likely N-dealkylation sites (N-methyl/N-ethyl adjacent to an activating group) is 1. The van der Waals surface area contributed by atoms with Crippen molar-refractivity contribution in [2.24, 2.45) is 0 Å². The Balaban J connectivity index is 2.42. The molecule has 21 heavy (non-hydrogen) atoms. The minimum Gasteiger partial charge on any atom is -0.313 e. The molecule has 112 valence electrons. The molecule has 1 N–H and O–H groups in total. The molecule has 0 amide bonds. The zero-order chi connectivity index (χ0) is 15.6. The average Bonchev–Trinajstić information content (AvgIpc) is 2.39. The SMILES string of the molecule is CNC(Cc1c(C)cccc1C)c1c(F)cc(F)cc1F. The minimum absolute atomic E-state index is 0.124. The molecule has 0 heterocycles. The molecule has 0 aliphatic heterocycles. The highest BCUT2D eigenvalue weighted by molar-refractivity contribution is 5.36. The van der Waals surface area contributed by atoms with Gasteiger partial charge in [0.1, 0.15) is 17.5 Å². The number of halogens is 3.